The molecule has 3 aliphatic rings. The number of fused-ring (bicyclic) bond motifs is 1. The van der Waals surface area contributed by atoms with Crippen LogP contribution in [0.5, 0.6) is 0 Å². The number of carbonyl (C=O) groups excluding carboxylic acids is 1. The van der Waals surface area contributed by atoms with E-state index in [2.05, 4.69) is 20.9 Å². The van der Waals surface area contributed by atoms with E-state index in [9.17, 15) is 18.0 Å². The Morgan fingerprint density at radius 3 is 2.45 bits per heavy atom. The Morgan fingerprint density at radius 2 is 1.94 bits per heavy atom. The van der Waals surface area contributed by atoms with Gasteiger partial charge in [0.1, 0.15) is 5.54 Å². The zero-order valence-electron chi connectivity index (χ0n) is 16.9. The lowest BCUT2D eigenvalue weighted by Gasteiger charge is -2.41. The average molecular weight is 456 g/mol. The van der Waals surface area contributed by atoms with Gasteiger partial charge >= 0.3 is 6.18 Å². The van der Waals surface area contributed by atoms with Crippen molar-refractivity contribution in [3.05, 3.63) is 40.7 Å². The molecule has 4 N–H and O–H groups in total. The third-order valence-electron chi connectivity index (χ3n) is 6.59. The number of nitrogens with one attached hydrogen (secondary N) is 4. The molecule has 0 aromatic heterocycles. The minimum absolute atomic E-state index is 0.142. The van der Waals surface area contributed by atoms with Crippen LogP contribution in [-0.2, 0) is 11.0 Å². The van der Waals surface area contributed by atoms with Gasteiger partial charge in [0, 0.05) is 38.6 Å². The van der Waals surface area contributed by atoms with Crippen LogP contribution in [0.2, 0.25) is 5.02 Å². The van der Waals surface area contributed by atoms with Gasteiger partial charge in [-0.25, -0.2) is 0 Å². The molecule has 2 heterocycles. The zero-order chi connectivity index (χ0) is 22.2. The highest BCUT2D eigenvalue weighted by Crippen LogP contribution is 2.37. The van der Waals surface area contributed by atoms with Crippen molar-refractivity contribution < 1.29 is 18.0 Å². The van der Waals surface area contributed by atoms with E-state index in [0.717, 1.165) is 50.4 Å². The summed E-state index contributed by atoms with van der Waals surface area (Å²) in [7, 11) is 0. The number of anilines is 1. The molecule has 4 rings (SSSR count). The lowest BCUT2D eigenvalue weighted by atomic mass is 9.76. The fourth-order valence-electron chi connectivity index (χ4n) is 4.50. The number of nitrogens with zero attached hydrogens (tertiary/aromatic N) is 1. The van der Waals surface area contributed by atoms with Crippen LogP contribution >= 0.6 is 11.6 Å². The van der Waals surface area contributed by atoms with Gasteiger partial charge in [0.2, 0.25) is 5.91 Å². The van der Waals surface area contributed by atoms with Crippen LogP contribution in [-0.4, -0.2) is 48.7 Å². The summed E-state index contributed by atoms with van der Waals surface area (Å²) in [6, 6.07) is 2.88. The summed E-state index contributed by atoms with van der Waals surface area (Å²) in [4.78, 5) is 15.1. The summed E-state index contributed by atoms with van der Waals surface area (Å²) >= 11 is 5.98. The van der Waals surface area contributed by atoms with Crippen molar-refractivity contribution in [2.75, 3.05) is 31.5 Å². The highest BCUT2D eigenvalue weighted by atomic mass is 35.5. The molecular formula is C21H25ClF3N5O. The van der Waals surface area contributed by atoms with Gasteiger partial charge < -0.3 is 26.3 Å². The molecule has 0 radical (unpaired) electrons. The normalized spacial score (nSPS) is 25.0. The number of alkyl halides is 3. The molecule has 1 aromatic carbocycles. The number of carbonyl (C=O) groups is 1. The maximum absolute atomic E-state index is 13.0. The molecule has 1 aromatic rings. The molecule has 1 saturated carbocycles. The predicted molar refractivity (Wildman–Crippen MR) is 113 cm³/mol. The van der Waals surface area contributed by atoms with Crippen molar-refractivity contribution in [2.45, 2.75) is 31.0 Å². The fraction of sp³-hybridized carbons (Fsp3) is 0.524. The molecule has 2 saturated heterocycles. The van der Waals surface area contributed by atoms with Gasteiger partial charge in [-0.2, -0.15) is 13.2 Å². The van der Waals surface area contributed by atoms with Crippen molar-refractivity contribution >= 4 is 29.4 Å². The summed E-state index contributed by atoms with van der Waals surface area (Å²) in [6.07, 6.45) is 0.546. The molecule has 2 atom stereocenters. The summed E-state index contributed by atoms with van der Waals surface area (Å²) in [5.41, 5.74) is -0.863. The first-order valence-electron chi connectivity index (χ1n) is 10.3. The highest BCUT2D eigenvalue weighted by Gasteiger charge is 2.44. The molecule has 1 amide bonds. The second-order valence-electron chi connectivity index (χ2n) is 8.52. The Labute approximate surface area is 183 Å². The van der Waals surface area contributed by atoms with Crippen LogP contribution in [0.15, 0.2) is 30.1 Å². The van der Waals surface area contributed by atoms with Crippen LogP contribution in [0, 0.1) is 17.2 Å². The summed E-state index contributed by atoms with van der Waals surface area (Å²) in [5.74, 6) is 0.806. The first-order valence-corrected chi connectivity index (χ1v) is 10.7. The molecule has 2 aliphatic heterocycles. The maximum atomic E-state index is 13.0. The van der Waals surface area contributed by atoms with Crippen molar-refractivity contribution in [1.82, 2.24) is 15.5 Å². The van der Waals surface area contributed by atoms with Crippen LogP contribution in [0.3, 0.4) is 0 Å². The number of halogens is 4. The van der Waals surface area contributed by atoms with Gasteiger partial charge in [0.25, 0.3) is 0 Å². The molecule has 3 fully saturated rings. The molecule has 1 aliphatic carbocycles. The van der Waals surface area contributed by atoms with Gasteiger partial charge in [-0.15, -0.1) is 0 Å². The molecular weight excluding hydrogens is 431 g/mol. The monoisotopic (exact) mass is 455 g/mol. The van der Waals surface area contributed by atoms with Gasteiger partial charge in [-0.3, -0.25) is 4.79 Å². The minimum Gasteiger partial charge on any atom is -0.375 e. The topological polar surface area (TPSA) is 80.2 Å². The smallest absolute Gasteiger partial charge is 0.375 e. The van der Waals surface area contributed by atoms with E-state index in [0.29, 0.717) is 24.7 Å². The summed E-state index contributed by atoms with van der Waals surface area (Å²) in [6.45, 7) is 3.72. The standard InChI is InChI=1S/C21H25ClF3N5O/c22-17-6-15(21(23,24)25)2-3-18(17)29-19(31)20(4-1-5-20)28-10-16(7-26)30-11-13-8-27-9-14(13)12-30/h2-3,6-7,10,13-14,26-28H,1,4-5,8-9,11-12H2,(H,29,31)/b16-10+,26-7?/t13-,14+. The lowest BCUT2D eigenvalue weighted by Crippen LogP contribution is -2.57. The van der Waals surface area contributed by atoms with Crippen LogP contribution in [0.25, 0.3) is 0 Å². The van der Waals surface area contributed by atoms with Gasteiger partial charge in [0.15, 0.2) is 0 Å². The van der Waals surface area contributed by atoms with Crippen molar-refractivity contribution in [3.8, 4) is 0 Å². The molecule has 0 unspecified atom stereocenters. The Hall–Kier alpha value is -2.26. The minimum atomic E-state index is -4.50. The number of hydrogen-bond acceptors (Lipinski definition) is 5. The van der Waals surface area contributed by atoms with Crippen LogP contribution in [0.4, 0.5) is 18.9 Å². The van der Waals surface area contributed by atoms with E-state index >= 15 is 0 Å². The van der Waals surface area contributed by atoms with Crippen LogP contribution in [0.1, 0.15) is 24.8 Å². The van der Waals surface area contributed by atoms with E-state index in [1.807, 2.05) is 0 Å². The SMILES string of the molecule is N=C/C(=C\NC1(C(=O)Nc2ccc(C(F)(F)F)cc2Cl)CCC1)N1C[C@H]2CNC[C@H]2C1. The second kappa shape index (κ2) is 8.35. The Morgan fingerprint density at radius 1 is 1.26 bits per heavy atom. The first kappa shape index (κ1) is 22.0. The Balaban J connectivity index is 1.44. The van der Waals surface area contributed by atoms with Gasteiger partial charge in [0.05, 0.1) is 22.0 Å². The summed E-state index contributed by atoms with van der Waals surface area (Å²) < 4.78 is 38.5. The number of hydrogen-bond donors (Lipinski definition) is 4. The van der Waals surface area contributed by atoms with Gasteiger partial charge in [-0.1, -0.05) is 11.6 Å². The van der Waals surface area contributed by atoms with E-state index in [4.69, 9.17) is 17.0 Å². The van der Waals surface area contributed by atoms with E-state index in [1.54, 1.807) is 6.20 Å². The first-order chi connectivity index (χ1) is 14.7. The quantitative estimate of drug-likeness (QED) is 0.495. The molecule has 0 spiro atoms. The molecule has 6 nitrogen and oxygen atoms in total. The Bertz CT molecular complexity index is 887. The second-order valence-corrected chi connectivity index (χ2v) is 8.93. The molecule has 0 bridgehead atoms. The Kier molecular flexibility index (Phi) is 5.91. The largest absolute Gasteiger partial charge is 0.416 e. The predicted octanol–water partition coefficient (Wildman–Crippen LogP) is 3.45. The summed E-state index contributed by atoms with van der Waals surface area (Å²) in [5, 5.41) is 16.9. The molecule has 168 valence electrons. The van der Waals surface area contributed by atoms with Gasteiger partial charge in [-0.05, 0) is 49.3 Å². The number of benzene rings is 1. The average Bonchev–Trinajstić information content (AvgIpc) is 3.26. The van der Waals surface area contributed by atoms with Crippen molar-refractivity contribution in [1.29, 1.82) is 5.41 Å². The molecule has 31 heavy (non-hydrogen) atoms. The third kappa shape index (κ3) is 4.39. The van der Waals surface area contributed by atoms with E-state index in [-0.39, 0.29) is 16.6 Å². The zero-order valence-corrected chi connectivity index (χ0v) is 17.6. The van der Waals surface area contributed by atoms with Crippen LogP contribution < -0.4 is 16.0 Å². The maximum Gasteiger partial charge on any atom is 0.416 e. The molecule has 10 heteroatoms. The number of likely N-dealkylation sites (tertiary alicyclic amines) is 1. The highest BCUT2D eigenvalue weighted by molar-refractivity contribution is 6.33. The fourth-order valence-corrected chi connectivity index (χ4v) is 4.73. The number of rotatable bonds is 6. The van der Waals surface area contributed by atoms with Crippen molar-refractivity contribution in [2.24, 2.45) is 11.8 Å². The van der Waals surface area contributed by atoms with E-state index < -0.39 is 17.3 Å². The third-order valence-corrected chi connectivity index (χ3v) is 6.90. The number of allylic oxidation sites excluding steroid dienone is 1. The number of amides is 1. The van der Waals surface area contributed by atoms with E-state index in [1.165, 1.54) is 12.3 Å². The van der Waals surface area contributed by atoms with Crippen molar-refractivity contribution in [3.63, 3.8) is 0 Å². The lowest BCUT2D eigenvalue weighted by molar-refractivity contribution is -0.137.